The monoisotopic (exact) mass is 358 g/mol. The highest BCUT2D eigenvalue weighted by molar-refractivity contribution is 6.31. The molecule has 0 bridgehead atoms. The molecule has 2 aromatic carbocycles. The standard InChI is InChI=1S/C18H19ClN4O2/c1-13(7-8-14-5-3-2-4-6-14)20-18(24)12-25-23-17-11-15(19)9-10-16(17)21-22-23/h2-6,9-11,13H,7-8,12H2,1H3,(H,20,24)/t13-/m0/s1. The highest BCUT2D eigenvalue weighted by Crippen LogP contribution is 2.16. The van der Waals surface area contributed by atoms with Crippen LogP contribution in [0.1, 0.15) is 18.9 Å². The topological polar surface area (TPSA) is 69.0 Å². The Hall–Kier alpha value is -2.60. The van der Waals surface area contributed by atoms with Crippen LogP contribution in [0.5, 0.6) is 0 Å². The second-order valence-electron chi connectivity index (χ2n) is 5.86. The lowest BCUT2D eigenvalue weighted by Gasteiger charge is -2.14. The molecule has 1 aromatic heterocycles. The van der Waals surface area contributed by atoms with Gasteiger partial charge in [0.2, 0.25) is 0 Å². The van der Waals surface area contributed by atoms with Gasteiger partial charge in [0.15, 0.2) is 6.61 Å². The maximum absolute atomic E-state index is 12.0. The van der Waals surface area contributed by atoms with Crippen LogP contribution in [0.25, 0.3) is 11.0 Å². The number of nitrogens with zero attached hydrogens (tertiary/aromatic N) is 3. The Morgan fingerprint density at radius 3 is 2.88 bits per heavy atom. The van der Waals surface area contributed by atoms with Crippen molar-refractivity contribution in [2.75, 3.05) is 6.61 Å². The molecule has 0 aliphatic heterocycles. The quantitative estimate of drug-likeness (QED) is 0.705. The van der Waals surface area contributed by atoms with Gasteiger partial charge in [-0.15, -0.1) is 5.10 Å². The predicted molar refractivity (Wildman–Crippen MR) is 96.4 cm³/mol. The Labute approximate surface area is 150 Å². The minimum absolute atomic E-state index is 0.0539. The third-order valence-electron chi connectivity index (χ3n) is 3.81. The largest absolute Gasteiger partial charge is 0.385 e. The van der Waals surface area contributed by atoms with Gasteiger partial charge in [-0.05, 0) is 48.7 Å². The van der Waals surface area contributed by atoms with Gasteiger partial charge in [-0.2, -0.15) is 0 Å². The SMILES string of the molecule is C[C@@H](CCc1ccccc1)NC(=O)COn1nnc2ccc(Cl)cc21. The summed E-state index contributed by atoms with van der Waals surface area (Å²) in [5.41, 5.74) is 2.53. The second kappa shape index (κ2) is 7.98. The lowest BCUT2D eigenvalue weighted by atomic mass is 10.1. The van der Waals surface area contributed by atoms with Gasteiger partial charge in [-0.1, -0.05) is 46.8 Å². The average molecular weight is 359 g/mol. The van der Waals surface area contributed by atoms with Crippen molar-refractivity contribution in [3.63, 3.8) is 0 Å². The van der Waals surface area contributed by atoms with Crippen LogP contribution in [0.4, 0.5) is 0 Å². The van der Waals surface area contributed by atoms with Crippen LogP contribution in [-0.2, 0) is 11.2 Å². The minimum atomic E-state index is -0.203. The minimum Gasteiger partial charge on any atom is -0.385 e. The Morgan fingerprint density at radius 2 is 2.08 bits per heavy atom. The summed E-state index contributed by atoms with van der Waals surface area (Å²) in [5, 5.41) is 11.3. The van der Waals surface area contributed by atoms with Gasteiger partial charge in [0.1, 0.15) is 11.0 Å². The van der Waals surface area contributed by atoms with Crippen LogP contribution in [-0.4, -0.2) is 33.7 Å². The summed E-state index contributed by atoms with van der Waals surface area (Å²) < 4.78 is 0. The van der Waals surface area contributed by atoms with E-state index in [0.717, 1.165) is 12.8 Å². The number of fused-ring (bicyclic) bond motifs is 1. The summed E-state index contributed by atoms with van der Waals surface area (Å²) in [4.78, 5) is 18.7. The van der Waals surface area contributed by atoms with E-state index in [1.165, 1.54) is 10.4 Å². The molecule has 0 spiro atoms. The number of nitrogens with one attached hydrogen (secondary N) is 1. The maximum Gasteiger partial charge on any atom is 0.260 e. The highest BCUT2D eigenvalue weighted by Gasteiger charge is 2.11. The number of benzene rings is 2. The normalized spacial score (nSPS) is 12.1. The van der Waals surface area contributed by atoms with E-state index in [-0.39, 0.29) is 18.6 Å². The summed E-state index contributed by atoms with van der Waals surface area (Å²) >= 11 is 5.96. The third-order valence-corrected chi connectivity index (χ3v) is 4.05. The molecule has 7 heteroatoms. The number of aryl methyl sites for hydroxylation is 1. The Kier molecular flexibility index (Phi) is 5.50. The zero-order chi connectivity index (χ0) is 17.6. The van der Waals surface area contributed by atoms with Crippen LogP contribution < -0.4 is 10.2 Å². The van der Waals surface area contributed by atoms with E-state index in [4.69, 9.17) is 16.4 Å². The lowest BCUT2D eigenvalue weighted by Crippen LogP contribution is -2.38. The molecule has 130 valence electrons. The maximum atomic E-state index is 12.0. The summed E-state index contributed by atoms with van der Waals surface area (Å²) in [6.07, 6.45) is 1.77. The van der Waals surface area contributed by atoms with Crippen LogP contribution >= 0.6 is 11.6 Å². The van der Waals surface area contributed by atoms with Crippen molar-refractivity contribution >= 4 is 28.5 Å². The fraction of sp³-hybridized carbons (Fsp3) is 0.278. The molecule has 1 amide bonds. The molecule has 0 aliphatic carbocycles. The van der Waals surface area contributed by atoms with Crippen LogP contribution in [0, 0.1) is 0 Å². The number of carbonyl (C=O) groups excluding carboxylic acids is 1. The smallest absolute Gasteiger partial charge is 0.260 e. The zero-order valence-electron chi connectivity index (χ0n) is 13.9. The first kappa shape index (κ1) is 17.2. The molecule has 1 heterocycles. The molecule has 0 saturated heterocycles. The van der Waals surface area contributed by atoms with Crippen LogP contribution in [0.3, 0.4) is 0 Å². The number of aromatic nitrogens is 3. The highest BCUT2D eigenvalue weighted by atomic mass is 35.5. The molecule has 6 nitrogen and oxygen atoms in total. The number of halogens is 1. The molecule has 1 atom stereocenters. The van der Waals surface area contributed by atoms with Crippen molar-refractivity contribution in [3.8, 4) is 0 Å². The Morgan fingerprint density at radius 1 is 1.28 bits per heavy atom. The Bertz CT molecular complexity index is 851. The van der Waals surface area contributed by atoms with Crippen molar-refractivity contribution in [1.29, 1.82) is 0 Å². The van der Waals surface area contributed by atoms with Crippen molar-refractivity contribution in [3.05, 3.63) is 59.1 Å². The molecule has 25 heavy (non-hydrogen) atoms. The summed E-state index contributed by atoms with van der Waals surface area (Å²) in [6, 6.07) is 15.4. The van der Waals surface area contributed by atoms with E-state index in [1.54, 1.807) is 18.2 Å². The molecular weight excluding hydrogens is 340 g/mol. The van der Waals surface area contributed by atoms with E-state index < -0.39 is 0 Å². The van der Waals surface area contributed by atoms with E-state index in [0.29, 0.717) is 16.1 Å². The van der Waals surface area contributed by atoms with Gasteiger partial charge in [0, 0.05) is 11.1 Å². The molecule has 0 saturated carbocycles. The number of carbonyl (C=O) groups is 1. The number of hydrogen-bond acceptors (Lipinski definition) is 4. The first-order valence-corrected chi connectivity index (χ1v) is 8.47. The van der Waals surface area contributed by atoms with Gasteiger partial charge in [0.25, 0.3) is 5.91 Å². The third kappa shape index (κ3) is 4.70. The number of rotatable bonds is 7. The van der Waals surface area contributed by atoms with Gasteiger partial charge in [-0.3, -0.25) is 4.79 Å². The fourth-order valence-corrected chi connectivity index (χ4v) is 2.67. The zero-order valence-corrected chi connectivity index (χ0v) is 14.6. The van der Waals surface area contributed by atoms with Crippen molar-refractivity contribution in [2.24, 2.45) is 0 Å². The van der Waals surface area contributed by atoms with E-state index >= 15 is 0 Å². The van der Waals surface area contributed by atoms with Crippen molar-refractivity contribution in [1.82, 2.24) is 20.5 Å². The van der Waals surface area contributed by atoms with Gasteiger partial charge < -0.3 is 10.2 Å². The summed E-state index contributed by atoms with van der Waals surface area (Å²) in [6.45, 7) is 1.84. The van der Waals surface area contributed by atoms with Crippen LogP contribution in [0.2, 0.25) is 5.02 Å². The predicted octanol–water partition coefficient (Wildman–Crippen LogP) is 2.65. The van der Waals surface area contributed by atoms with E-state index in [9.17, 15) is 4.79 Å². The molecule has 0 fully saturated rings. The number of hydrogen-bond donors (Lipinski definition) is 1. The van der Waals surface area contributed by atoms with Gasteiger partial charge >= 0.3 is 0 Å². The fourth-order valence-electron chi connectivity index (χ4n) is 2.50. The Balaban J connectivity index is 1.48. The number of amides is 1. The summed E-state index contributed by atoms with van der Waals surface area (Å²) in [5.74, 6) is -0.203. The molecule has 0 unspecified atom stereocenters. The first-order valence-electron chi connectivity index (χ1n) is 8.09. The van der Waals surface area contributed by atoms with Crippen molar-refractivity contribution in [2.45, 2.75) is 25.8 Å². The molecular formula is C18H19ClN4O2. The molecule has 3 rings (SSSR count). The van der Waals surface area contributed by atoms with Gasteiger partial charge in [-0.25, -0.2) is 0 Å². The summed E-state index contributed by atoms with van der Waals surface area (Å²) in [7, 11) is 0. The van der Waals surface area contributed by atoms with E-state index in [1.807, 2.05) is 25.1 Å². The van der Waals surface area contributed by atoms with Crippen LogP contribution in [0.15, 0.2) is 48.5 Å². The first-order chi connectivity index (χ1) is 12.1. The molecule has 3 aromatic rings. The van der Waals surface area contributed by atoms with Gasteiger partial charge in [0.05, 0.1) is 0 Å². The molecule has 0 radical (unpaired) electrons. The van der Waals surface area contributed by atoms with E-state index in [2.05, 4.69) is 27.8 Å². The molecule has 1 N–H and O–H groups in total. The average Bonchev–Trinajstić information content (AvgIpc) is 3.01. The second-order valence-corrected chi connectivity index (χ2v) is 6.30. The van der Waals surface area contributed by atoms with Crippen molar-refractivity contribution < 1.29 is 9.63 Å². The lowest BCUT2D eigenvalue weighted by molar-refractivity contribution is -0.126. The molecule has 0 aliphatic rings.